The van der Waals surface area contributed by atoms with Crippen LogP contribution >= 0.6 is 11.8 Å². The topological polar surface area (TPSA) is 57.6 Å². The zero-order valence-electron chi connectivity index (χ0n) is 16.6. The number of aromatic nitrogens is 1. The van der Waals surface area contributed by atoms with Crippen LogP contribution in [0.25, 0.3) is 10.9 Å². The largest absolute Gasteiger partial charge is 0.378 e. The first-order valence-corrected chi connectivity index (χ1v) is 10.0. The summed E-state index contributed by atoms with van der Waals surface area (Å²) in [6, 6.07) is 16.2. The number of benzene rings is 2. The smallest absolute Gasteiger partial charge is 0.250 e. The number of nitrogens with one attached hydrogen (secondary N) is 1. The van der Waals surface area contributed by atoms with Crippen molar-refractivity contribution in [1.82, 2.24) is 10.4 Å². The van der Waals surface area contributed by atoms with Crippen LogP contribution in [-0.2, 0) is 4.79 Å². The lowest BCUT2D eigenvalue weighted by atomic mass is 10.1. The highest BCUT2D eigenvalue weighted by atomic mass is 32.2. The first-order valence-electron chi connectivity index (χ1n) is 9.02. The van der Waals surface area contributed by atoms with Gasteiger partial charge >= 0.3 is 0 Å². The van der Waals surface area contributed by atoms with Gasteiger partial charge in [-0.3, -0.25) is 4.79 Å². The van der Waals surface area contributed by atoms with E-state index in [4.69, 9.17) is 0 Å². The summed E-state index contributed by atoms with van der Waals surface area (Å²) in [5, 5.41) is 6.03. The van der Waals surface area contributed by atoms with Crippen molar-refractivity contribution in [2.75, 3.05) is 24.7 Å². The average molecular weight is 393 g/mol. The summed E-state index contributed by atoms with van der Waals surface area (Å²) < 4.78 is 0. The van der Waals surface area contributed by atoms with Crippen molar-refractivity contribution in [2.24, 2.45) is 5.10 Å². The van der Waals surface area contributed by atoms with Gasteiger partial charge in [-0.05, 0) is 55.3 Å². The molecular weight excluding hydrogens is 368 g/mol. The molecule has 0 saturated heterocycles. The lowest BCUT2D eigenvalue weighted by molar-refractivity contribution is -0.118. The van der Waals surface area contributed by atoms with Crippen LogP contribution in [0.2, 0.25) is 0 Å². The first kappa shape index (κ1) is 19.9. The summed E-state index contributed by atoms with van der Waals surface area (Å²) in [6.45, 7) is 4.14. The molecule has 1 aromatic heterocycles. The summed E-state index contributed by atoms with van der Waals surface area (Å²) in [4.78, 5) is 18.7. The number of aryl methyl sites for hydroxylation is 2. The molecule has 6 heteroatoms. The average Bonchev–Trinajstić information content (AvgIpc) is 2.67. The SMILES string of the molecule is Cc1ccc2nc(SCC(=O)N/N=C/c3ccc(N(C)C)cc3)cc(C)c2c1. The number of thioether (sulfide) groups is 1. The number of rotatable bonds is 6. The molecule has 3 aromatic rings. The Morgan fingerprint density at radius 3 is 2.61 bits per heavy atom. The highest BCUT2D eigenvalue weighted by molar-refractivity contribution is 7.99. The Labute approximate surface area is 169 Å². The molecule has 0 aliphatic rings. The highest BCUT2D eigenvalue weighted by Gasteiger charge is 2.07. The molecule has 0 radical (unpaired) electrons. The third-order valence-electron chi connectivity index (χ3n) is 4.31. The molecule has 0 aliphatic carbocycles. The number of nitrogens with zero attached hydrogens (tertiary/aromatic N) is 3. The van der Waals surface area contributed by atoms with E-state index in [1.807, 2.05) is 55.4 Å². The van der Waals surface area contributed by atoms with E-state index in [-0.39, 0.29) is 11.7 Å². The van der Waals surface area contributed by atoms with Gasteiger partial charge in [0.2, 0.25) is 5.91 Å². The minimum absolute atomic E-state index is 0.158. The van der Waals surface area contributed by atoms with E-state index in [0.717, 1.165) is 32.7 Å². The Morgan fingerprint density at radius 2 is 1.89 bits per heavy atom. The first-order chi connectivity index (χ1) is 13.4. The lowest BCUT2D eigenvalue weighted by Gasteiger charge is -2.11. The number of hydrogen-bond acceptors (Lipinski definition) is 5. The fourth-order valence-corrected chi connectivity index (χ4v) is 3.53. The van der Waals surface area contributed by atoms with Crippen molar-refractivity contribution in [3.63, 3.8) is 0 Å². The highest BCUT2D eigenvalue weighted by Crippen LogP contribution is 2.24. The molecule has 0 spiro atoms. The quantitative estimate of drug-likeness (QED) is 0.389. The van der Waals surface area contributed by atoms with Crippen molar-refractivity contribution in [1.29, 1.82) is 0 Å². The Morgan fingerprint density at radius 1 is 1.14 bits per heavy atom. The molecule has 0 aliphatic heterocycles. The van der Waals surface area contributed by atoms with Gasteiger partial charge in [0.25, 0.3) is 0 Å². The van der Waals surface area contributed by atoms with Crippen LogP contribution in [0, 0.1) is 13.8 Å². The van der Waals surface area contributed by atoms with Gasteiger partial charge in [0.15, 0.2) is 0 Å². The zero-order chi connectivity index (χ0) is 20.1. The van der Waals surface area contributed by atoms with E-state index < -0.39 is 0 Å². The minimum atomic E-state index is -0.158. The molecule has 0 bridgehead atoms. The number of hydrogen-bond donors (Lipinski definition) is 1. The summed E-state index contributed by atoms with van der Waals surface area (Å²) in [6.07, 6.45) is 1.64. The molecule has 0 fully saturated rings. The monoisotopic (exact) mass is 392 g/mol. The third-order valence-corrected chi connectivity index (χ3v) is 5.22. The van der Waals surface area contributed by atoms with E-state index in [0.29, 0.717) is 0 Å². The van der Waals surface area contributed by atoms with Crippen molar-refractivity contribution in [3.8, 4) is 0 Å². The fraction of sp³-hybridized carbons (Fsp3) is 0.227. The second kappa shape index (κ2) is 8.89. The van der Waals surface area contributed by atoms with Gasteiger partial charge in [0.05, 0.1) is 22.5 Å². The van der Waals surface area contributed by atoms with Gasteiger partial charge in [0.1, 0.15) is 0 Å². The fourth-order valence-electron chi connectivity index (χ4n) is 2.76. The van der Waals surface area contributed by atoms with Gasteiger partial charge < -0.3 is 4.90 Å². The van der Waals surface area contributed by atoms with Crippen LogP contribution in [0.15, 0.2) is 58.7 Å². The van der Waals surface area contributed by atoms with Crippen LogP contribution in [0.5, 0.6) is 0 Å². The number of carbonyl (C=O) groups excluding carboxylic acids is 1. The molecule has 1 heterocycles. The minimum Gasteiger partial charge on any atom is -0.378 e. The molecule has 1 amide bonds. The predicted octanol–water partition coefficient (Wildman–Crippen LogP) is 4.16. The molecule has 3 rings (SSSR count). The molecule has 144 valence electrons. The van der Waals surface area contributed by atoms with Crippen molar-refractivity contribution >= 4 is 40.5 Å². The standard InChI is InChI=1S/C22H24N4OS/c1-15-5-10-20-19(11-15)16(2)12-22(24-20)28-14-21(27)25-23-13-17-6-8-18(9-7-17)26(3)4/h5-13H,14H2,1-4H3,(H,25,27)/b23-13+. The van der Waals surface area contributed by atoms with Crippen LogP contribution in [0.3, 0.4) is 0 Å². The maximum absolute atomic E-state index is 12.1. The third kappa shape index (κ3) is 5.10. The molecule has 0 unspecified atom stereocenters. The maximum Gasteiger partial charge on any atom is 0.250 e. The van der Waals surface area contributed by atoms with Crippen molar-refractivity contribution < 1.29 is 4.79 Å². The normalized spacial score (nSPS) is 11.1. The number of carbonyl (C=O) groups is 1. The Kier molecular flexibility index (Phi) is 6.31. The van der Waals surface area contributed by atoms with E-state index >= 15 is 0 Å². The van der Waals surface area contributed by atoms with E-state index in [1.54, 1.807) is 6.21 Å². The summed E-state index contributed by atoms with van der Waals surface area (Å²) in [5.41, 5.74) is 7.95. The van der Waals surface area contributed by atoms with Gasteiger partial charge in [-0.15, -0.1) is 0 Å². The molecule has 5 nitrogen and oxygen atoms in total. The number of pyridine rings is 1. The number of anilines is 1. The van der Waals surface area contributed by atoms with Gasteiger partial charge in [-0.25, -0.2) is 10.4 Å². The van der Waals surface area contributed by atoms with Crippen LogP contribution < -0.4 is 10.3 Å². The summed E-state index contributed by atoms with van der Waals surface area (Å²) >= 11 is 1.41. The van der Waals surface area contributed by atoms with Gasteiger partial charge in [-0.1, -0.05) is 35.5 Å². The van der Waals surface area contributed by atoms with Crippen molar-refractivity contribution in [2.45, 2.75) is 18.9 Å². The van der Waals surface area contributed by atoms with Gasteiger partial charge in [0, 0.05) is 25.2 Å². The molecule has 0 atom stereocenters. The summed E-state index contributed by atoms with van der Waals surface area (Å²) in [7, 11) is 3.99. The van der Waals surface area contributed by atoms with E-state index in [2.05, 4.69) is 41.5 Å². The van der Waals surface area contributed by atoms with Crippen LogP contribution in [-0.4, -0.2) is 37.0 Å². The Hall–Kier alpha value is -2.86. The zero-order valence-corrected chi connectivity index (χ0v) is 17.4. The number of fused-ring (bicyclic) bond motifs is 1. The molecule has 0 saturated carbocycles. The second-order valence-corrected chi connectivity index (χ2v) is 7.86. The summed E-state index contributed by atoms with van der Waals surface area (Å²) in [5.74, 6) is 0.107. The van der Waals surface area contributed by atoms with Crippen LogP contribution in [0.4, 0.5) is 5.69 Å². The number of hydrazone groups is 1. The van der Waals surface area contributed by atoms with Gasteiger partial charge in [-0.2, -0.15) is 5.10 Å². The maximum atomic E-state index is 12.1. The second-order valence-electron chi connectivity index (χ2n) is 6.87. The van der Waals surface area contributed by atoms with E-state index in [9.17, 15) is 4.79 Å². The Balaban J connectivity index is 1.55. The molecule has 1 N–H and O–H groups in total. The lowest BCUT2D eigenvalue weighted by Crippen LogP contribution is -2.19. The Bertz CT molecular complexity index is 1010. The predicted molar refractivity (Wildman–Crippen MR) is 118 cm³/mol. The molecular formula is C22H24N4OS. The number of amides is 1. The van der Waals surface area contributed by atoms with Crippen LogP contribution in [0.1, 0.15) is 16.7 Å². The van der Waals surface area contributed by atoms with E-state index in [1.165, 1.54) is 17.3 Å². The van der Waals surface area contributed by atoms with Crippen molar-refractivity contribution in [3.05, 3.63) is 65.2 Å². The molecule has 28 heavy (non-hydrogen) atoms. The molecule has 2 aromatic carbocycles.